The molecule has 0 atom stereocenters. The van der Waals surface area contributed by atoms with Crippen LogP contribution >= 0.6 is 0 Å². The maximum absolute atomic E-state index is 12.1. The number of hydrogen-bond donors (Lipinski definition) is 2. The van der Waals surface area contributed by atoms with Gasteiger partial charge in [0.25, 0.3) is 0 Å². The Morgan fingerprint density at radius 2 is 2.08 bits per heavy atom. The maximum Gasteiger partial charge on any atom is 0.319 e. The fourth-order valence-electron chi connectivity index (χ4n) is 3.07. The van der Waals surface area contributed by atoms with Crippen LogP contribution in [-0.4, -0.2) is 22.1 Å². The molecule has 0 saturated heterocycles. The highest BCUT2D eigenvalue weighted by atomic mass is 16.2. The van der Waals surface area contributed by atoms with Crippen LogP contribution in [0.2, 0.25) is 0 Å². The number of benzene rings is 1. The topological polar surface area (TPSA) is 59.0 Å². The van der Waals surface area contributed by atoms with Gasteiger partial charge in [-0.1, -0.05) is 17.7 Å². The summed E-state index contributed by atoms with van der Waals surface area (Å²) in [5, 5.41) is 7.00. The van der Waals surface area contributed by atoms with Crippen molar-refractivity contribution < 1.29 is 4.79 Å². The lowest BCUT2D eigenvalue weighted by atomic mass is 10.1. The Hall–Kier alpha value is -2.82. The van der Waals surface area contributed by atoms with E-state index in [0.29, 0.717) is 6.54 Å². The molecule has 3 rings (SSSR count). The third kappa shape index (κ3) is 3.82. The number of nitrogens with zero attached hydrogens (tertiary/aromatic N) is 2. The van der Waals surface area contributed by atoms with E-state index in [2.05, 4.69) is 45.4 Å². The van der Waals surface area contributed by atoms with Crippen LogP contribution in [0.1, 0.15) is 23.6 Å². The number of carbonyl (C=O) groups excluding carboxylic acids is 1. The van der Waals surface area contributed by atoms with E-state index in [0.717, 1.165) is 35.2 Å². The average Bonchev–Trinajstić information content (AvgIpc) is 2.96. The predicted octanol–water partition coefficient (Wildman–Crippen LogP) is 4.04. The van der Waals surface area contributed by atoms with Crippen LogP contribution in [0.25, 0.3) is 11.0 Å². The van der Waals surface area contributed by atoms with Crippen LogP contribution in [-0.2, 0) is 13.0 Å². The highest BCUT2D eigenvalue weighted by molar-refractivity contribution is 5.90. The molecule has 5 nitrogen and oxygen atoms in total. The molecule has 2 N–H and O–H groups in total. The van der Waals surface area contributed by atoms with Gasteiger partial charge in [-0.05, 0) is 56.5 Å². The normalized spacial score (nSPS) is 10.8. The molecular formula is C20H24N4O. The molecule has 25 heavy (non-hydrogen) atoms. The van der Waals surface area contributed by atoms with Crippen molar-refractivity contribution in [2.75, 3.05) is 11.9 Å². The number of nitrogens with one attached hydrogen (secondary N) is 2. The average molecular weight is 336 g/mol. The van der Waals surface area contributed by atoms with Gasteiger partial charge in [0.1, 0.15) is 5.65 Å². The number of aromatic nitrogens is 2. The maximum atomic E-state index is 12.1. The number of amides is 2. The molecule has 1 aromatic carbocycles. The summed E-state index contributed by atoms with van der Waals surface area (Å²) in [6, 6.07) is 9.85. The van der Waals surface area contributed by atoms with Gasteiger partial charge in [0.05, 0.1) is 0 Å². The summed E-state index contributed by atoms with van der Waals surface area (Å²) in [6.07, 6.45) is 4.71. The van der Waals surface area contributed by atoms with Crippen LogP contribution in [0.4, 0.5) is 10.5 Å². The zero-order valence-corrected chi connectivity index (χ0v) is 15.0. The van der Waals surface area contributed by atoms with Crippen LogP contribution in [0, 0.1) is 13.8 Å². The van der Waals surface area contributed by atoms with Gasteiger partial charge < -0.3 is 15.2 Å². The third-order valence-electron chi connectivity index (χ3n) is 4.37. The Morgan fingerprint density at radius 3 is 2.84 bits per heavy atom. The van der Waals surface area contributed by atoms with Crippen molar-refractivity contribution in [2.45, 2.75) is 33.7 Å². The highest BCUT2D eigenvalue weighted by Gasteiger charge is 2.09. The Balaban J connectivity index is 1.60. The van der Waals surface area contributed by atoms with Crippen molar-refractivity contribution in [1.29, 1.82) is 0 Å². The van der Waals surface area contributed by atoms with E-state index < -0.39 is 0 Å². The number of hydrogen-bond acceptors (Lipinski definition) is 2. The SMILES string of the molecule is CCn1cc(CCNC(=O)Nc2ccc(C)cc2C)c2cccnc21. The van der Waals surface area contributed by atoms with Crippen molar-refractivity contribution in [3.63, 3.8) is 0 Å². The number of pyridine rings is 1. The molecule has 0 unspecified atom stereocenters. The smallest absolute Gasteiger partial charge is 0.319 e. The number of fused-ring (bicyclic) bond motifs is 1. The molecule has 130 valence electrons. The predicted molar refractivity (Wildman–Crippen MR) is 102 cm³/mol. The van der Waals surface area contributed by atoms with Gasteiger partial charge in [0, 0.05) is 36.6 Å². The summed E-state index contributed by atoms with van der Waals surface area (Å²) in [7, 11) is 0. The minimum Gasteiger partial charge on any atom is -0.338 e. The second-order valence-electron chi connectivity index (χ2n) is 6.26. The highest BCUT2D eigenvalue weighted by Crippen LogP contribution is 2.19. The van der Waals surface area contributed by atoms with Crippen molar-refractivity contribution in [3.8, 4) is 0 Å². The largest absolute Gasteiger partial charge is 0.338 e. The summed E-state index contributed by atoms with van der Waals surface area (Å²) in [5.74, 6) is 0. The molecule has 0 spiro atoms. The first-order valence-electron chi connectivity index (χ1n) is 8.63. The van der Waals surface area contributed by atoms with Crippen LogP contribution in [0.3, 0.4) is 0 Å². The first-order chi connectivity index (χ1) is 12.1. The number of anilines is 1. The summed E-state index contributed by atoms with van der Waals surface area (Å²) in [6.45, 7) is 7.60. The first-order valence-corrected chi connectivity index (χ1v) is 8.63. The second kappa shape index (κ2) is 7.38. The van der Waals surface area contributed by atoms with Gasteiger partial charge in [-0.25, -0.2) is 9.78 Å². The minimum atomic E-state index is -0.177. The molecule has 0 saturated carbocycles. The van der Waals surface area contributed by atoms with Crippen LogP contribution < -0.4 is 10.6 Å². The summed E-state index contributed by atoms with van der Waals surface area (Å²) >= 11 is 0. The monoisotopic (exact) mass is 336 g/mol. The van der Waals surface area contributed by atoms with Gasteiger partial charge in [0.2, 0.25) is 0 Å². The van der Waals surface area contributed by atoms with Crippen LogP contribution in [0.15, 0.2) is 42.7 Å². The Bertz CT molecular complexity index is 898. The molecule has 0 radical (unpaired) electrons. The zero-order valence-electron chi connectivity index (χ0n) is 15.0. The standard InChI is InChI=1S/C20H24N4O/c1-4-24-13-16(17-6-5-10-21-19(17)24)9-11-22-20(25)23-18-8-7-14(2)12-15(18)3/h5-8,10,12-13H,4,9,11H2,1-3H3,(H2,22,23,25). The second-order valence-corrected chi connectivity index (χ2v) is 6.26. The zero-order chi connectivity index (χ0) is 17.8. The van der Waals surface area contributed by atoms with E-state index in [1.807, 2.05) is 38.2 Å². The van der Waals surface area contributed by atoms with Crippen LogP contribution in [0.5, 0.6) is 0 Å². The number of carbonyl (C=O) groups is 1. The number of urea groups is 1. The van der Waals surface area contributed by atoms with Gasteiger partial charge in [-0.3, -0.25) is 0 Å². The van der Waals surface area contributed by atoms with Crippen molar-refractivity contribution in [1.82, 2.24) is 14.9 Å². The summed E-state index contributed by atoms with van der Waals surface area (Å²) in [5.41, 5.74) is 5.29. The van der Waals surface area contributed by atoms with E-state index in [1.54, 1.807) is 0 Å². The minimum absolute atomic E-state index is 0.177. The van der Waals surface area contributed by atoms with E-state index >= 15 is 0 Å². The van der Waals surface area contributed by atoms with E-state index in [-0.39, 0.29) is 6.03 Å². The quantitative estimate of drug-likeness (QED) is 0.739. The lowest BCUT2D eigenvalue weighted by Gasteiger charge is -2.10. The molecule has 3 aromatic rings. The third-order valence-corrected chi connectivity index (χ3v) is 4.37. The summed E-state index contributed by atoms with van der Waals surface area (Å²) < 4.78 is 2.14. The lowest BCUT2D eigenvalue weighted by Crippen LogP contribution is -2.30. The number of rotatable bonds is 5. The number of aryl methyl sites for hydroxylation is 3. The molecule has 0 bridgehead atoms. The van der Waals surface area contributed by atoms with Crippen molar-refractivity contribution >= 4 is 22.8 Å². The Morgan fingerprint density at radius 1 is 1.24 bits per heavy atom. The van der Waals surface area contributed by atoms with Crippen molar-refractivity contribution in [3.05, 3.63) is 59.4 Å². The lowest BCUT2D eigenvalue weighted by molar-refractivity contribution is 0.252. The van der Waals surface area contributed by atoms with Gasteiger partial charge >= 0.3 is 6.03 Å². The molecular weight excluding hydrogens is 312 g/mol. The summed E-state index contributed by atoms with van der Waals surface area (Å²) in [4.78, 5) is 16.6. The Labute approximate surface area is 148 Å². The van der Waals surface area contributed by atoms with Gasteiger partial charge in [0.15, 0.2) is 0 Å². The molecule has 5 heteroatoms. The van der Waals surface area contributed by atoms with Gasteiger partial charge in [-0.2, -0.15) is 0 Å². The van der Waals surface area contributed by atoms with E-state index in [1.165, 1.54) is 11.1 Å². The molecule has 0 fully saturated rings. The fourth-order valence-corrected chi connectivity index (χ4v) is 3.07. The molecule has 2 amide bonds. The van der Waals surface area contributed by atoms with Crippen molar-refractivity contribution in [2.24, 2.45) is 0 Å². The first kappa shape index (κ1) is 17.0. The van der Waals surface area contributed by atoms with E-state index in [4.69, 9.17) is 0 Å². The molecule has 0 aliphatic heterocycles. The van der Waals surface area contributed by atoms with Gasteiger partial charge in [-0.15, -0.1) is 0 Å². The van der Waals surface area contributed by atoms with E-state index in [9.17, 15) is 4.79 Å². The molecule has 0 aliphatic carbocycles. The Kier molecular flexibility index (Phi) is 5.03. The molecule has 0 aliphatic rings. The fraction of sp³-hybridized carbons (Fsp3) is 0.300. The molecule has 2 aromatic heterocycles. The molecule has 2 heterocycles.